The number of thioether (sulfide) groups is 1. The van der Waals surface area contributed by atoms with E-state index in [2.05, 4.69) is 34.4 Å². The first kappa shape index (κ1) is 52.4. The van der Waals surface area contributed by atoms with E-state index in [1.54, 1.807) is 0 Å². The van der Waals surface area contributed by atoms with Crippen molar-refractivity contribution in [3.8, 4) is 0 Å². The molecule has 3 heterocycles. The second kappa shape index (κ2) is 22.6. The Balaban J connectivity index is 1.46. The summed E-state index contributed by atoms with van der Waals surface area (Å²) in [6.07, 6.45) is -4.23. The van der Waals surface area contributed by atoms with Crippen LogP contribution in [-0.2, 0) is 55.5 Å². The zero-order valence-electron chi connectivity index (χ0n) is 33.4. The SMILES string of the molecule is CCCCC(C)CC(C(=O)O)C(=O)SCCNC(=O)CCNC(=O)C(O)C(C)(C)COP(=O)(O)OP(=O)(O)OCC1OC(n2cnc3c(N)ncnc32)C(O)C1OP(=O)(O)O. The molecule has 0 saturated carbocycles. The first-order valence-electron chi connectivity index (χ1n) is 18.6. The molecular formula is C31H52N7O19P3S. The fraction of sp³-hybridized carbons (Fsp3) is 0.710. The Labute approximate surface area is 353 Å². The van der Waals surface area contributed by atoms with Gasteiger partial charge >= 0.3 is 29.4 Å². The minimum absolute atomic E-state index is 0.0193. The van der Waals surface area contributed by atoms with Gasteiger partial charge in [0.25, 0.3) is 0 Å². The molecule has 0 aliphatic carbocycles. The molecule has 26 nitrogen and oxygen atoms in total. The quantitative estimate of drug-likeness (QED) is 0.0350. The van der Waals surface area contributed by atoms with Gasteiger partial charge in [0, 0.05) is 30.7 Å². The van der Waals surface area contributed by atoms with E-state index in [4.69, 9.17) is 19.5 Å². The number of fused-ring (bicyclic) bond motifs is 1. The topological polar surface area (TPSA) is 401 Å². The van der Waals surface area contributed by atoms with Crippen molar-refractivity contribution >= 4 is 75.1 Å². The average molecular weight is 952 g/mol. The van der Waals surface area contributed by atoms with Gasteiger partial charge in [0.1, 0.15) is 42.2 Å². The Morgan fingerprint density at radius 1 is 1.05 bits per heavy atom. The van der Waals surface area contributed by atoms with E-state index in [1.165, 1.54) is 13.8 Å². The molecular weight excluding hydrogens is 899 g/mol. The number of nitrogens with one attached hydrogen (secondary N) is 2. The number of amides is 2. The third-order valence-corrected chi connectivity index (χ3v) is 13.1. The van der Waals surface area contributed by atoms with E-state index in [-0.39, 0.29) is 54.6 Å². The molecule has 1 aliphatic rings. The summed E-state index contributed by atoms with van der Waals surface area (Å²) in [6.45, 7) is 4.05. The maximum atomic E-state index is 12.7. The molecule has 3 rings (SSSR count). The van der Waals surface area contributed by atoms with Crippen molar-refractivity contribution in [3.05, 3.63) is 12.7 Å². The summed E-state index contributed by atoms with van der Waals surface area (Å²) in [5.74, 6) is -3.81. The van der Waals surface area contributed by atoms with Gasteiger partial charge in [-0.05, 0) is 12.3 Å². The maximum absolute atomic E-state index is 12.7. The van der Waals surface area contributed by atoms with Gasteiger partial charge in [0.05, 0.1) is 19.5 Å². The number of anilines is 1. The lowest BCUT2D eigenvalue weighted by Crippen LogP contribution is -2.46. The number of carbonyl (C=O) groups excluding carboxylic acids is 3. The lowest BCUT2D eigenvalue weighted by molar-refractivity contribution is -0.145. The first-order valence-corrected chi connectivity index (χ1v) is 24.1. The fourth-order valence-corrected chi connectivity index (χ4v) is 9.39. The van der Waals surface area contributed by atoms with Gasteiger partial charge in [-0.25, -0.2) is 28.6 Å². The number of nitrogens with two attached hydrogens (primary N) is 1. The minimum atomic E-state index is -5.60. The maximum Gasteiger partial charge on any atom is 0.481 e. The third-order valence-electron chi connectivity index (χ3n) is 9.02. The van der Waals surface area contributed by atoms with Crippen molar-refractivity contribution in [2.75, 3.05) is 37.8 Å². The van der Waals surface area contributed by atoms with Gasteiger partial charge in [0.15, 0.2) is 17.7 Å². The molecule has 30 heteroatoms. The highest BCUT2D eigenvalue weighted by molar-refractivity contribution is 8.13. The summed E-state index contributed by atoms with van der Waals surface area (Å²) in [7, 11) is -16.5. The van der Waals surface area contributed by atoms with E-state index in [0.29, 0.717) is 0 Å². The van der Waals surface area contributed by atoms with Crippen LogP contribution >= 0.6 is 35.2 Å². The predicted octanol–water partition coefficient (Wildman–Crippen LogP) is 0.582. The highest BCUT2D eigenvalue weighted by atomic mass is 32.2. The summed E-state index contributed by atoms with van der Waals surface area (Å²) in [5.41, 5.74) is 4.20. The molecule has 0 spiro atoms. The zero-order chi connectivity index (χ0) is 45.9. The van der Waals surface area contributed by atoms with E-state index >= 15 is 0 Å². The van der Waals surface area contributed by atoms with Crippen molar-refractivity contribution in [3.63, 3.8) is 0 Å². The van der Waals surface area contributed by atoms with Crippen LogP contribution in [0.25, 0.3) is 11.2 Å². The second-order valence-electron chi connectivity index (χ2n) is 14.6. The number of aliphatic hydroxyl groups excluding tert-OH is 2. The molecule has 2 aromatic rings. The summed E-state index contributed by atoms with van der Waals surface area (Å²) in [5, 5.41) is 35.3. The number of imidazole rings is 1. The number of aliphatic hydroxyl groups is 2. The number of aliphatic carboxylic acids is 1. The standard InChI is InChI=1S/C31H52N7O19P3S/c1-5-6-7-17(2)12-18(29(43)44)30(45)61-11-10-33-20(39)8-9-34-27(42)24(41)31(3,4)14-54-60(51,52)57-59(49,50)53-13-19-23(56-58(46,47)48)22(40)28(55-19)38-16-37-21-25(32)35-15-36-26(21)38/h15-19,22-24,28,40-41H,5-14H2,1-4H3,(H,33,39)(H,34,42)(H,43,44)(H,49,50)(H,51,52)(H2,32,35,36)(H2,46,47,48). The lowest BCUT2D eigenvalue weighted by atomic mass is 9.87. The van der Waals surface area contributed by atoms with Gasteiger partial charge in [-0.2, -0.15) is 4.31 Å². The van der Waals surface area contributed by atoms with Crippen LogP contribution in [0.4, 0.5) is 5.82 Å². The molecule has 1 fully saturated rings. The van der Waals surface area contributed by atoms with Gasteiger partial charge in [0.2, 0.25) is 16.9 Å². The third kappa shape index (κ3) is 16.3. The summed E-state index contributed by atoms with van der Waals surface area (Å²) >= 11 is 0.792. The number of hydrogen-bond donors (Lipinski definition) is 10. The number of ether oxygens (including phenoxy) is 1. The number of carbonyl (C=O) groups is 4. The first-order chi connectivity index (χ1) is 28.3. The molecule has 2 aromatic heterocycles. The molecule has 9 unspecified atom stereocenters. The molecule has 0 radical (unpaired) electrons. The summed E-state index contributed by atoms with van der Waals surface area (Å²) in [4.78, 5) is 100.0. The molecule has 61 heavy (non-hydrogen) atoms. The Bertz CT molecular complexity index is 1990. The van der Waals surface area contributed by atoms with Crippen LogP contribution in [0.2, 0.25) is 0 Å². The number of hydrogen-bond acceptors (Lipinski definition) is 19. The largest absolute Gasteiger partial charge is 0.481 e. The highest BCUT2D eigenvalue weighted by Crippen LogP contribution is 2.61. The number of carboxylic acid groups (broad SMARTS) is 1. The van der Waals surface area contributed by atoms with Gasteiger partial charge in [-0.1, -0.05) is 58.7 Å². The Kier molecular flexibility index (Phi) is 19.4. The van der Waals surface area contributed by atoms with Crippen molar-refractivity contribution in [2.45, 2.75) is 90.4 Å². The Morgan fingerprint density at radius 3 is 2.36 bits per heavy atom. The highest BCUT2D eigenvalue weighted by Gasteiger charge is 2.50. The monoisotopic (exact) mass is 951 g/mol. The van der Waals surface area contributed by atoms with Crippen LogP contribution in [0, 0.1) is 17.3 Å². The van der Waals surface area contributed by atoms with Gasteiger partial charge < -0.3 is 56.0 Å². The van der Waals surface area contributed by atoms with E-state index in [1.807, 2.05) is 13.8 Å². The number of aromatic nitrogens is 4. The van der Waals surface area contributed by atoms with Crippen molar-refractivity contribution < 1.29 is 90.4 Å². The van der Waals surface area contributed by atoms with Crippen LogP contribution in [-0.4, -0.2) is 134 Å². The number of carboxylic acids is 1. The lowest BCUT2D eigenvalue weighted by Gasteiger charge is -2.30. The number of phosphoric acid groups is 3. The number of rotatable bonds is 26. The van der Waals surface area contributed by atoms with Crippen LogP contribution in [0.15, 0.2) is 12.7 Å². The number of nitrogen functional groups attached to an aromatic ring is 1. The van der Waals surface area contributed by atoms with Crippen molar-refractivity contribution in [2.24, 2.45) is 17.3 Å². The molecule has 0 bridgehead atoms. The van der Waals surface area contributed by atoms with E-state index < -0.39 is 102 Å². The van der Waals surface area contributed by atoms with Crippen LogP contribution in [0.1, 0.15) is 66.0 Å². The fourth-order valence-electron chi connectivity index (χ4n) is 5.75. The van der Waals surface area contributed by atoms with Crippen LogP contribution in [0.3, 0.4) is 0 Å². The molecule has 2 amide bonds. The summed E-state index contributed by atoms with van der Waals surface area (Å²) < 4.78 is 62.2. The van der Waals surface area contributed by atoms with E-state index in [0.717, 1.165) is 48.2 Å². The molecule has 346 valence electrons. The van der Waals surface area contributed by atoms with E-state index in [9.17, 15) is 67.8 Å². The number of phosphoric ester groups is 3. The predicted molar refractivity (Wildman–Crippen MR) is 212 cm³/mol. The van der Waals surface area contributed by atoms with Crippen LogP contribution in [0.5, 0.6) is 0 Å². The van der Waals surface area contributed by atoms with Crippen molar-refractivity contribution in [1.82, 2.24) is 30.2 Å². The average Bonchev–Trinajstić information content (AvgIpc) is 3.72. The van der Waals surface area contributed by atoms with Gasteiger partial charge in [-0.15, -0.1) is 0 Å². The second-order valence-corrected chi connectivity index (χ2v) is 19.9. The minimum Gasteiger partial charge on any atom is -0.481 e. The molecule has 0 aromatic carbocycles. The van der Waals surface area contributed by atoms with Gasteiger partial charge in [-0.3, -0.25) is 37.3 Å². The Morgan fingerprint density at radius 2 is 1.72 bits per heavy atom. The molecule has 1 aliphatic heterocycles. The number of unbranched alkanes of at least 4 members (excludes halogenated alkanes) is 1. The normalized spacial score (nSPS) is 21.9. The molecule has 9 atom stereocenters. The van der Waals surface area contributed by atoms with Crippen molar-refractivity contribution in [1.29, 1.82) is 0 Å². The Hall–Kier alpha value is -2.97. The number of nitrogens with zero attached hydrogens (tertiary/aromatic N) is 4. The zero-order valence-corrected chi connectivity index (χ0v) is 36.9. The smallest absolute Gasteiger partial charge is 0.481 e. The van der Waals surface area contributed by atoms with Crippen LogP contribution < -0.4 is 16.4 Å². The summed E-state index contributed by atoms with van der Waals surface area (Å²) in [6, 6.07) is 0. The molecule has 1 saturated heterocycles. The molecule has 11 N–H and O–H groups in total.